The zero-order chi connectivity index (χ0) is 26.2. The molecule has 11 heteroatoms. The topological polar surface area (TPSA) is 206 Å². The van der Waals surface area contributed by atoms with E-state index >= 15 is 0 Å². The molecular weight excluding hydrogens is 464 g/mol. The molecule has 1 aliphatic rings. The molecule has 194 valence electrons. The van der Waals surface area contributed by atoms with Crippen LogP contribution in [0.2, 0.25) is 0 Å². The molecule has 4 bridgehead atoms. The maximum atomic E-state index is 13.2. The van der Waals surface area contributed by atoms with Gasteiger partial charge in [0.1, 0.15) is 17.8 Å². The fraction of sp³-hybridized carbons (Fsp3) is 0.400. The number of hydrogen-bond donors (Lipinski definition) is 8. The van der Waals surface area contributed by atoms with Crippen molar-refractivity contribution in [1.29, 1.82) is 0 Å². The maximum Gasteiger partial charge on any atom is 0.243 e. The molecule has 0 spiro atoms. The molecule has 0 radical (unpaired) electrons. The van der Waals surface area contributed by atoms with E-state index in [4.69, 9.17) is 17.2 Å². The predicted molar refractivity (Wildman–Crippen MR) is 135 cm³/mol. The number of hydrogen-bond acceptors (Lipinski definition) is 8. The number of benzene rings is 2. The number of nitrogens with two attached hydrogens (primary N) is 3. The number of phenols is 1. The molecule has 2 aromatic carbocycles. The lowest BCUT2D eigenvalue weighted by molar-refractivity contribution is -0.133. The number of aromatic hydroxyl groups is 1. The lowest BCUT2D eigenvalue weighted by atomic mass is 9.96. The van der Waals surface area contributed by atoms with E-state index in [0.29, 0.717) is 5.56 Å². The van der Waals surface area contributed by atoms with Crippen LogP contribution in [0.15, 0.2) is 42.5 Å². The van der Waals surface area contributed by atoms with E-state index in [1.165, 1.54) is 6.07 Å². The quantitative estimate of drug-likeness (QED) is 0.228. The summed E-state index contributed by atoms with van der Waals surface area (Å²) in [6.45, 7) is 0.326. The van der Waals surface area contributed by atoms with Gasteiger partial charge in [-0.15, -0.1) is 0 Å². The van der Waals surface area contributed by atoms with Crippen LogP contribution >= 0.6 is 0 Å². The third-order valence-corrected chi connectivity index (χ3v) is 6.05. The maximum absolute atomic E-state index is 13.2. The molecule has 3 amide bonds. The number of fused-ring (bicyclic) bond motifs is 5. The van der Waals surface area contributed by atoms with Crippen LogP contribution in [0.5, 0.6) is 5.75 Å². The van der Waals surface area contributed by atoms with E-state index in [1.54, 1.807) is 12.1 Å². The first-order valence-electron chi connectivity index (χ1n) is 11.8. The molecule has 3 rings (SSSR count). The van der Waals surface area contributed by atoms with E-state index in [1.807, 2.05) is 24.3 Å². The van der Waals surface area contributed by atoms with Crippen LogP contribution in [0, 0.1) is 0 Å². The van der Waals surface area contributed by atoms with E-state index in [2.05, 4.69) is 16.0 Å². The lowest BCUT2D eigenvalue weighted by Gasteiger charge is -2.25. The standard InChI is InChI=1S/C25H34N6O5/c26-6-7-29-24(35)20-9-14-2-1-3-15(8-14)16-4-5-22(33)17(10-16)11-19(28)23(34)30-21(25(36)31-20)12-18(32)13-27/h1-5,8,10,18-21,32-33H,6-7,9,11-13,26-28H2,(H,29,35)(H,30,34)(H,31,36)/t18-,19+,20+,21+/m1/s1. The van der Waals surface area contributed by atoms with E-state index in [9.17, 15) is 24.6 Å². The minimum absolute atomic E-state index is 0.00745. The van der Waals surface area contributed by atoms with Gasteiger partial charge in [0.2, 0.25) is 17.7 Å². The Bertz CT molecular complexity index is 1090. The summed E-state index contributed by atoms with van der Waals surface area (Å²) < 4.78 is 0. The molecule has 2 aromatic rings. The second-order valence-corrected chi connectivity index (χ2v) is 8.89. The summed E-state index contributed by atoms with van der Waals surface area (Å²) in [5.41, 5.74) is 20.0. The first-order chi connectivity index (χ1) is 17.2. The first kappa shape index (κ1) is 27.1. The summed E-state index contributed by atoms with van der Waals surface area (Å²) in [6.07, 6.45) is -1.06. The summed E-state index contributed by atoms with van der Waals surface area (Å²) in [7, 11) is 0. The second-order valence-electron chi connectivity index (χ2n) is 8.89. The molecular formula is C25H34N6O5. The highest BCUT2D eigenvalue weighted by atomic mass is 16.3. The zero-order valence-electron chi connectivity index (χ0n) is 19.9. The SMILES string of the molecule is NCCNC(=O)[C@@H]1Cc2cccc(c2)-c2ccc(O)c(c2)C[C@H](N)C(=O)N[C@@H](C[C@@H](O)CN)C(=O)N1. The average molecular weight is 499 g/mol. The summed E-state index contributed by atoms with van der Waals surface area (Å²) >= 11 is 0. The van der Waals surface area contributed by atoms with E-state index in [0.717, 1.165) is 16.7 Å². The Labute approximate surface area is 209 Å². The molecule has 4 atom stereocenters. The van der Waals surface area contributed by atoms with Gasteiger partial charge < -0.3 is 43.4 Å². The molecule has 0 aliphatic carbocycles. The van der Waals surface area contributed by atoms with Gasteiger partial charge in [-0.05, 0) is 34.4 Å². The Morgan fingerprint density at radius 1 is 1.06 bits per heavy atom. The van der Waals surface area contributed by atoms with Crippen molar-refractivity contribution in [2.45, 2.75) is 43.5 Å². The van der Waals surface area contributed by atoms with E-state index < -0.39 is 42.0 Å². The summed E-state index contributed by atoms with van der Waals surface area (Å²) in [5.74, 6) is -1.75. The van der Waals surface area contributed by atoms with Crippen molar-refractivity contribution < 1.29 is 24.6 Å². The number of aliphatic hydroxyl groups is 1. The minimum Gasteiger partial charge on any atom is -0.508 e. The normalized spacial score (nSPS) is 21.4. The first-order valence-corrected chi connectivity index (χ1v) is 11.8. The molecule has 1 aliphatic heterocycles. The molecule has 0 fully saturated rings. The van der Waals surface area contributed by atoms with Gasteiger partial charge in [-0.25, -0.2) is 0 Å². The summed E-state index contributed by atoms with van der Waals surface area (Å²) in [5, 5.41) is 28.4. The van der Waals surface area contributed by atoms with Gasteiger partial charge in [0.05, 0.1) is 12.1 Å². The highest BCUT2D eigenvalue weighted by Gasteiger charge is 2.30. The lowest BCUT2D eigenvalue weighted by Crippen LogP contribution is -2.57. The highest BCUT2D eigenvalue weighted by Crippen LogP contribution is 2.28. The van der Waals surface area contributed by atoms with Crippen LogP contribution in [0.1, 0.15) is 17.5 Å². The van der Waals surface area contributed by atoms with Gasteiger partial charge in [-0.3, -0.25) is 14.4 Å². The minimum atomic E-state index is -1.19. The number of amides is 3. The number of nitrogens with one attached hydrogen (secondary N) is 3. The Morgan fingerprint density at radius 3 is 2.53 bits per heavy atom. The second kappa shape index (κ2) is 12.5. The van der Waals surface area contributed by atoms with Gasteiger partial charge >= 0.3 is 0 Å². The summed E-state index contributed by atoms with van der Waals surface area (Å²) in [6, 6.07) is 9.25. The van der Waals surface area contributed by atoms with Crippen molar-refractivity contribution in [1.82, 2.24) is 16.0 Å². The summed E-state index contributed by atoms with van der Waals surface area (Å²) in [4.78, 5) is 39.0. The Kier molecular flexibility index (Phi) is 9.37. The Hall–Kier alpha value is -3.51. The number of aliphatic hydroxyl groups excluding tert-OH is 1. The largest absolute Gasteiger partial charge is 0.508 e. The van der Waals surface area contributed by atoms with Crippen molar-refractivity contribution in [3.8, 4) is 16.9 Å². The monoisotopic (exact) mass is 498 g/mol. The molecule has 11 N–H and O–H groups in total. The van der Waals surface area contributed by atoms with Crippen molar-refractivity contribution in [3.63, 3.8) is 0 Å². The fourth-order valence-electron chi connectivity index (χ4n) is 4.05. The number of rotatable bonds is 6. The molecule has 1 heterocycles. The number of phenolic OH excluding ortho intramolecular Hbond substituents is 1. The van der Waals surface area contributed by atoms with Crippen molar-refractivity contribution in [3.05, 3.63) is 53.6 Å². The van der Waals surface area contributed by atoms with Crippen LogP contribution in [0.25, 0.3) is 11.1 Å². The molecule has 0 aromatic heterocycles. The number of carbonyl (C=O) groups is 3. The average Bonchev–Trinajstić information content (AvgIpc) is 2.87. The van der Waals surface area contributed by atoms with Crippen molar-refractivity contribution in [2.75, 3.05) is 19.6 Å². The third kappa shape index (κ3) is 7.01. The zero-order valence-corrected chi connectivity index (χ0v) is 19.9. The molecule has 0 saturated carbocycles. The van der Waals surface area contributed by atoms with Crippen LogP contribution in [-0.2, 0) is 27.2 Å². The molecule has 11 nitrogen and oxygen atoms in total. The highest BCUT2D eigenvalue weighted by molar-refractivity contribution is 5.93. The van der Waals surface area contributed by atoms with Crippen molar-refractivity contribution in [2.24, 2.45) is 17.2 Å². The van der Waals surface area contributed by atoms with Crippen molar-refractivity contribution >= 4 is 17.7 Å². The fourth-order valence-corrected chi connectivity index (χ4v) is 4.05. The van der Waals surface area contributed by atoms with Gasteiger partial charge in [-0.1, -0.05) is 30.3 Å². The van der Waals surface area contributed by atoms with Gasteiger partial charge in [0.15, 0.2) is 0 Å². The van der Waals surface area contributed by atoms with Crippen LogP contribution in [0.3, 0.4) is 0 Å². The van der Waals surface area contributed by atoms with Gasteiger partial charge in [0.25, 0.3) is 0 Å². The Morgan fingerprint density at radius 2 is 1.81 bits per heavy atom. The van der Waals surface area contributed by atoms with Crippen LogP contribution < -0.4 is 33.2 Å². The number of carbonyl (C=O) groups excluding carboxylic acids is 3. The third-order valence-electron chi connectivity index (χ3n) is 6.05. The smallest absolute Gasteiger partial charge is 0.243 e. The van der Waals surface area contributed by atoms with E-state index in [-0.39, 0.29) is 44.6 Å². The van der Waals surface area contributed by atoms with Gasteiger partial charge in [0, 0.05) is 38.9 Å². The Balaban J connectivity index is 2.05. The van der Waals surface area contributed by atoms with Gasteiger partial charge in [-0.2, -0.15) is 0 Å². The predicted octanol–water partition coefficient (Wildman–Crippen LogP) is -1.76. The van der Waals surface area contributed by atoms with Crippen LogP contribution in [0.4, 0.5) is 0 Å². The molecule has 36 heavy (non-hydrogen) atoms. The van der Waals surface area contributed by atoms with Crippen LogP contribution in [-0.4, -0.2) is 71.8 Å². The molecule has 0 saturated heterocycles. The molecule has 0 unspecified atom stereocenters.